The van der Waals surface area contributed by atoms with Crippen molar-refractivity contribution in [2.75, 3.05) is 0 Å². The van der Waals surface area contributed by atoms with Crippen molar-refractivity contribution < 1.29 is 14.4 Å². The van der Waals surface area contributed by atoms with Gasteiger partial charge in [-0.2, -0.15) is 0 Å². The predicted octanol–water partition coefficient (Wildman–Crippen LogP) is 4.80. The van der Waals surface area contributed by atoms with E-state index < -0.39 is 0 Å². The molecule has 2 rings (SSSR count). The predicted molar refractivity (Wildman–Crippen MR) is 87.5 cm³/mol. The molecule has 0 heterocycles. The number of rotatable bonds is 6. The van der Waals surface area contributed by atoms with Gasteiger partial charge in [0.15, 0.2) is 11.6 Å². The fraction of sp³-hybridized carbons (Fsp3) is 0.222. The third-order valence-corrected chi connectivity index (χ3v) is 3.45. The van der Waals surface area contributed by atoms with E-state index in [0.717, 1.165) is 0 Å². The van der Waals surface area contributed by atoms with Gasteiger partial charge in [-0.05, 0) is 36.4 Å². The SMILES string of the molecule is CCC(=O)c1ccc(N=[N+]([O-])c2ccc(C(=O)CC)cc2)cc1. The molecule has 0 aliphatic heterocycles. The van der Waals surface area contributed by atoms with Crippen LogP contribution in [0.1, 0.15) is 47.4 Å². The maximum absolute atomic E-state index is 12.0. The van der Waals surface area contributed by atoms with E-state index in [1.54, 1.807) is 62.4 Å². The Balaban J connectivity index is 2.19. The molecular weight excluding hydrogens is 292 g/mol. The Morgan fingerprint density at radius 1 is 0.870 bits per heavy atom. The lowest BCUT2D eigenvalue weighted by atomic mass is 10.1. The number of hydrogen-bond acceptors (Lipinski definition) is 4. The van der Waals surface area contributed by atoms with Gasteiger partial charge in [-0.15, -0.1) is 0 Å². The van der Waals surface area contributed by atoms with Gasteiger partial charge in [-0.1, -0.05) is 18.7 Å². The molecule has 0 atom stereocenters. The Kier molecular flexibility index (Phi) is 5.36. The summed E-state index contributed by atoms with van der Waals surface area (Å²) in [5.41, 5.74) is 1.98. The third kappa shape index (κ3) is 4.10. The molecule has 0 unspecified atom stereocenters. The number of hydrogen-bond donors (Lipinski definition) is 0. The minimum Gasteiger partial charge on any atom is -0.594 e. The van der Waals surface area contributed by atoms with Crippen LogP contribution in [0.25, 0.3) is 0 Å². The van der Waals surface area contributed by atoms with E-state index in [-0.39, 0.29) is 11.6 Å². The fourth-order valence-corrected chi connectivity index (χ4v) is 2.06. The normalized spacial score (nSPS) is 11.3. The summed E-state index contributed by atoms with van der Waals surface area (Å²) < 4.78 is 0. The molecule has 2 aromatic carbocycles. The van der Waals surface area contributed by atoms with Gasteiger partial charge in [-0.3, -0.25) is 9.59 Å². The standard InChI is InChI=1S/C18H18N2O3/c1-3-17(21)13-5-9-15(10-6-13)19-20(23)16-11-7-14(8-12-16)18(22)4-2/h5-12H,3-4H2,1-2H3. The van der Waals surface area contributed by atoms with E-state index in [4.69, 9.17) is 0 Å². The van der Waals surface area contributed by atoms with Gasteiger partial charge < -0.3 is 5.21 Å². The van der Waals surface area contributed by atoms with Gasteiger partial charge in [-0.25, -0.2) is 0 Å². The highest BCUT2D eigenvalue weighted by Crippen LogP contribution is 2.19. The van der Waals surface area contributed by atoms with Gasteiger partial charge in [0.1, 0.15) is 5.69 Å². The Morgan fingerprint density at radius 3 is 1.74 bits per heavy atom. The number of carbonyl (C=O) groups is 2. The molecule has 0 amide bonds. The summed E-state index contributed by atoms with van der Waals surface area (Å²) in [5, 5.41) is 16.0. The molecule has 0 saturated carbocycles. The molecular formula is C18H18N2O3. The molecule has 0 aliphatic rings. The van der Waals surface area contributed by atoms with Crippen molar-refractivity contribution >= 4 is 22.9 Å². The first-order valence-corrected chi connectivity index (χ1v) is 7.50. The maximum atomic E-state index is 12.0. The van der Waals surface area contributed by atoms with Crippen molar-refractivity contribution in [2.24, 2.45) is 5.11 Å². The second-order valence-electron chi connectivity index (χ2n) is 5.02. The molecule has 0 N–H and O–H groups in total. The van der Waals surface area contributed by atoms with Crippen LogP contribution in [0.4, 0.5) is 11.4 Å². The van der Waals surface area contributed by atoms with Crippen molar-refractivity contribution in [2.45, 2.75) is 26.7 Å². The van der Waals surface area contributed by atoms with Crippen molar-refractivity contribution in [1.82, 2.24) is 0 Å². The lowest BCUT2D eigenvalue weighted by Gasteiger charge is -2.02. The minimum absolute atomic E-state index is 0.0297. The first-order valence-electron chi connectivity index (χ1n) is 7.50. The summed E-state index contributed by atoms with van der Waals surface area (Å²) in [6, 6.07) is 12.9. The molecule has 0 radical (unpaired) electrons. The lowest BCUT2D eigenvalue weighted by molar-refractivity contribution is -0.435. The van der Waals surface area contributed by atoms with Crippen LogP contribution in [0.2, 0.25) is 0 Å². The lowest BCUT2D eigenvalue weighted by Crippen LogP contribution is -1.97. The van der Waals surface area contributed by atoms with Crippen molar-refractivity contribution in [1.29, 1.82) is 0 Å². The van der Waals surface area contributed by atoms with Crippen LogP contribution in [-0.2, 0) is 0 Å². The maximum Gasteiger partial charge on any atom is 0.244 e. The smallest absolute Gasteiger partial charge is 0.244 e. The van der Waals surface area contributed by atoms with E-state index in [0.29, 0.717) is 40.2 Å². The van der Waals surface area contributed by atoms with Crippen molar-refractivity contribution in [3.63, 3.8) is 0 Å². The van der Waals surface area contributed by atoms with Gasteiger partial charge in [0.2, 0.25) is 5.69 Å². The third-order valence-electron chi connectivity index (χ3n) is 3.45. The topological polar surface area (TPSA) is 72.6 Å². The highest BCUT2D eigenvalue weighted by Gasteiger charge is 2.08. The monoisotopic (exact) mass is 310 g/mol. The molecule has 0 saturated heterocycles. The van der Waals surface area contributed by atoms with E-state index in [9.17, 15) is 14.8 Å². The first-order chi connectivity index (χ1) is 11.0. The zero-order valence-corrected chi connectivity index (χ0v) is 13.2. The second-order valence-corrected chi connectivity index (χ2v) is 5.02. The average Bonchev–Trinajstić information content (AvgIpc) is 2.61. The van der Waals surface area contributed by atoms with Crippen molar-refractivity contribution in [3.8, 4) is 0 Å². The van der Waals surface area contributed by atoms with Crippen LogP contribution < -0.4 is 0 Å². The van der Waals surface area contributed by atoms with Crippen LogP contribution in [0, 0.1) is 5.21 Å². The zero-order chi connectivity index (χ0) is 16.8. The molecule has 0 aliphatic carbocycles. The van der Waals surface area contributed by atoms with E-state index in [2.05, 4.69) is 5.11 Å². The van der Waals surface area contributed by atoms with Gasteiger partial charge in [0.05, 0.1) is 0 Å². The average molecular weight is 310 g/mol. The Hall–Kier alpha value is -2.82. The quantitative estimate of drug-likeness (QED) is 0.333. The largest absolute Gasteiger partial charge is 0.594 e. The zero-order valence-electron chi connectivity index (χ0n) is 13.2. The minimum atomic E-state index is 0.0297. The summed E-state index contributed by atoms with van der Waals surface area (Å²) >= 11 is 0. The molecule has 118 valence electrons. The Bertz CT molecular complexity index is 732. The van der Waals surface area contributed by atoms with Crippen LogP contribution in [-0.4, -0.2) is 16.4 Å². The Morgan fingerprint density at radius 2 is 1.30 bits per heavy atom. The van der Waals surface area contributed by atoms with Gasteiger partial charge >= 0.3 is 0 Å². The summed E-state index contributed by atoms with van der Waals surface area (Å²) in [4.78, 5) is 23.6. The highest BCUT2D eigenvalue weighted by atomic mass is 16.5. The van der Waals surface area contributed by atoms with Crippen LogP contribution >= 0.6 is 0 Å². The molecule has 0 aromatic heterocycles. The van der Waals surface area contributed by atoms with E-state index in [1.807, 2.05) is 0 Å². The van der Waals surface area contributed by atoms with Gasteiger partial charge in [0.25, 0.3) is 0 Å². The van der Waals surface area contributed by atoms with Crippen LogP contribution in [0.3, 0.4) is 0 Å². The molecule has 0 spiro atoms. The molecule has 5 heteroatoms. The number of carbonyl (C=O) groups excluding carboxylic acids is 2. The molecule has 23 heavy (non-hydrogen) atoms. The summed E-state index contributed by atoms with van der Waals surface area (Å²) in [6.45, 7) is 3.59. The van der Waals surface area contributed by atoms with Crippen molar-refractivity contribution in [3.05, 3.63) is 64.9 Å². The van der Waals surface area contributed by atoms with Crippen LogP contribution in [0.5, 0.6) is 0 Å². The highest BCUT2D eigenvalue weighted by molar-refractivity contribution is 5.96. The van der Waals surface area contributed by atoms with Gasteiger partial charge in [0, 0.05) is 41.2 Å². The number of nitrogens with zero attached hydrogens (tertiary/aromatic N) is 2. The summed E-state index contributed by atoms with van der Waals surface area (Å²) in [7, 11) is 0. The molecule has 5 nitrogen and oxygen atoms in total. The number of Topliss-reactive ketones (excluding diaryl/α,β-unsaturated/α-hetero) is 2. The fourth-order valence-electron chi connectivity index (χ4n) is 2.06. The van der Waals surface area contributed by atoms with E-state index in [1.165, 1.54) is 0 Å². The summed E-state index contributed by atoms with van der Waals surface area (Å²) in [5.74, 6) is 0.0776. The molecule has 0 fully saturated rings. The Labute approximate surface area is 134 Å². The summed E-state index contributed by atoms with van der Waals surface area (Å²) in [6.07, 6.45) is 0.862. The number of benzene rings is 2. The number of azo groups is 1. The second kappa shape index (κ2) is 7.45. The van der Waals surface area contributed by atoms with Crippen LogP contribution in [0.15, 0.2) is 53.6 Å². The molecule has 0 bridgehead atoms. The van der Waals surface area contributed by atoms with E-state index >= 15 is 0 Å². The molecule has 2 aromatic rings. The first kappa shape index (κ1) is 16.5. The number of ketones is 2.